The van der Waals surface area contributed by atoms with E-state index < -0.39 is 0 Å². The predicted molar refractivity (Wildman–Crippen MR) is 90.4 cm³/mol. The molecule has 3 heterocycles. The van der Waals surface area contributed by atoms with Crippen LogP contribution in [0.3, 0.4) is 0 Å². The number of nitrogens with zero attached hydrogens (tertiary/aromatic N) is 1. The Morgan fingerprint density at radius 2 is 1.92 bits per heavy atom. The van der Waals surface area contributed by atoms with Crippen LogP contribution in [0.2, 0.25) is 0 Å². The minimum Gasteiger partial charge on any atom is -0.454 e. The van der Waals surface area contributed by atoms with Crippen LogP contribution in [-0.2, 0) is 22.4 Å². The highest BCUT2D eigenvalue weighted by atomic mass is 16.7. The van der Waals surface area contributed by atoms with Gasteiger partial charge in [-0.15, -0.1) is 0 Å². The third-order valence-corrected chi connectivity index (χ3v) is 4.59. The standard InChI is InChI=1S/C19H20N2O4/c22-19(9-14-1-2-17-18(8-14)25-12-24-17)21-16-11-23-10-15(16)7-13-3-5-20-6-4-13/h1-6,8,15-16H,7,9-12H2,(H,21,22)/t15-,16+/m1/s1. The van der Waals surface area contributed by atoms with Gasteiger partial charge in [0, 0.05) is 18.3 Å². The highest BCUT2D eigenvalue weighted by Crippen LogP contribution is 2.32. The van der Waals surface area contributed by atoms with Crippen molar-refractivity contribution in [3.63, 3.8) is 0 Å². The zero-order valence-corrected chi connectivity index (χ0v) is 13.8. The normalized spacial score (nSPS) is 21.3. The first-order chi connectivity index (χ1) is 12.3. The van der Waals surface area contributed by atoms with Gasteiger partial charge in [-0.1, -0.05) is 6.07 Å². The Kier molecular flexibility index (Phi) is 4.52. The van der Waals surface area contributed by atoms with Crippen molar-refractivity contribution in [2.75, 3.05) is 20.0 Å². The third-order valence-electron chi connectivity index (χ3n) is 4.59. The van der Waals surface area contributed by atoms with Gasteiger partial charge in [0.05, 0.1) is 25.7 Å². The van der Waals surface area contributed by atoms with E-state index in [1.54, 1.807) is 12.4 Å². The molecule has 0 spiro atoms. The number of amides is 1. The second-order valence-corrected chi connectivity index (χ2v) is 6.40. The molecule has 1 amide bonds. The molecule has 1 N–H and O–H groups in total. The first-order valence-electron chi connectivity index (χ1n) is 8.42. The third kappa shape index (κ3) is 3.74. The van der Waals surface area contributed by atoms with E-state index in [0.29, 0.717) is 25.4 Å². The van der Waals surface area contributed by atoms with Crippen LogP contribution in [0.25, 0.3) is 0 Å². The number of benzene rings is 1. The van der Waals surface area contributed by atoms with Crippen molar-refractivity contribution in [3.05, 3.63) is 53.9 Å². The van der Waals surface area contributed by atoms with Crippen molar-refractivity contribution in [1.82, 2.24) is 10.3 Å². The van der Waals surface area contributed by atoms with Gasteiger partial charge in [-0.2, -0.15) is 0 Å². The summed E-state index contributed by atoms with van der Waals surface area (Å²) in [5.74, 6) is 1.70. The highest BCUT2D eigenvalue weighted by molar-refractivity contribution is 5.79. The molecule has 2 aliphatic rings. The summed E-state index contributed by atoms with van der Waals surface area (Å²) in [6.45, 7) is 1.46. The highest BCUT2D eigenvalue weighted by Gasteiger charge is 2.29. The molecule has 2 aliphatic heterocycles. The van der Waals surface area contributed by atoms with Crippen molar-refractivity contribution in [1.29, 1.82) is 0 Å². The number of rotatable bonds is 5. The number of fused-ring (bicyclic) bond motifs is 1. The maximum absolute atomic E-state index is 12.4. The van der Waals surface area contributed by atoms with E-state index in [-0.39, 0.29) is 24.7 Å². The lowest BCUT2D eigenvalue weighted by Crippen LogP contribution is -2.41. The second-order valence-electron chi connectivity index (χ2n) is 6.40. The minimum absolute atomic E-state index is 0.00547. The number of ether oxygens (including phenoxy) is 3. The Labute approximate surface area is 146 Å². The van der Waals surface area contributed by atoms with E-state index >= 15 is 0 Å². The van der Waals surface area contributed by atoms with Gasteiger partial charge in [0.25, 0.3) is 0 Å². The number of carbonyl (C=O) groups excluding carboxylic acids is 1. The van der Waals surface area contributed by atoms with Gasteiger partial charge in [-0.25, -0.2) is 0 Å². The zero-order valence-electron chi connectivity index (χ0n) is 13.8. The Bertz CT molecular complexity index is 750. The number of hydrogen-bond acceptors (Lipinski definition) is 5. The molecule has 130 valence electrons. The number of pyridine rings is 1. The Morgan fingerprint density at radius 3 is 2.80 bits per heavy atom. The van der Waals surface area contributed by atoms with E-state index in [2.05, 4.69) is 10.3 Å². The molecule has 0 radical (unpaired) electrons. The zero-order chi connectivity index (χ0) is 17.1. The van der Waals surface area contributed by atoms with Gasteiger partial charge in [0.15, 0.2) is 11.5 Å². The maximum Gasteiger partial charge on any atom is 0.231 e. The number of carbonyl (C=O) groups is 1. The Morgan fingerprint density at radius 1 is 1.08 bits per heavy atom. The molecule has 0 bridgehead atoms. The van der Waals surface area contributed by atoms with Gasteiger partial charge in [0.2, 0.25) is 12.7 Å². The van der Waals surface area contributed by atoms with Gasteiger partial charge in [-0.05, 0) is 41.8 Å². The molecule has 1 aromatic carbocycles. The van der Waals surface area contributed by atoms with Crippen molar-refractivity contribution >= 4 is 5.91 Å². The SMILES string of the molecule is O=C(Cc1ccc2c(c1)OCO2)N[C@H]1COC[C@H]1Cc1ccncc1. The topological polar surface area (TPSA) is 69.7 Å². The number of aromatic nitrogens is 1. The van der Waals surface area contributed by atoms with Crippen LogP contribution in [-0.4, -0.2) is 36.9 Å². The summed E-state index contributed by atoms with van der Waals surface area (Å²) >= 11 is 0. The molecular formula is C19H20N2O4. The molecular weight excluding hydrogens is 320 g/mol. The van der Waals surface area contributed by atoms with Crippen LogP contribution in [0.5, 0.6) is 11.5 Å². The molecule has 2 atom stereocenters. The summed E-state index contributed by atoms with van der Waals surface area (Å²) in [5, 5.41) is 3.11. The molecule has 1 aromatic heterocycles. The van der Waals surface area contributed by atoms with Gasteiger partial charge in [0.1, 0.15) is 0 Å². The van der Waals surface area contributed by atoms with E-state index in [1.807, 2.05) is 30.3 Å². The summed E-state index contributed by atoms with van der Waals surface area (Å²) < 4.78 is 16.2. The van der Waals surface area contributed by atoms with Gasteiger partial charge >= 0.3 is 0 Å². The molecule has 25 heavy (non-hydrogen) atoms. The molecule has 1 saturated heterocycles. The summed E-state index contributed by atoms with van der Waals surface area (Å²) in [5.41, 5.74) is 2.12. The van der Waals surface area contributed by atoms with Gasteiger partial charge in [-0.3, -0.25) is 9.78 Å². The fraction of sp³-hybridized carbons (Fsp3) is 0.368. The van der Waals surface area contributed by atoms with E-state index in [0.717, 1.165) is 17.7 Å². The Hall–Kier alpha value is -2.60. The van der Waals surface area contributed by atoms with Crippen molar-refractivity contribution in [3.8, 4) is 11.5 Å². The fourth-order valence-electron chi connectivity index (χ4n) is 3.28. The summed E-state index contributed by atoms with van der Waals surface area (Å²) in [6.07, 6.45) is 4.77. The van der Waals surface area contributed by atoms with E-state index in [4.69, 9.17) is 14.2 Å². The summed E-state index contributed by atoms with van der Waals surface area (Å²) in [4.78, 5) is 16.5. The van der Waals surface area contributed by atoms with Gasteiger partial charge < -0.3 is 19.5 Å². The molecule has 6 nitrogen and oxygen atoms in total. The lowest BCUT2D eigenvalue weighted by molar-refractivity contribution is -0.121. The Balaban J connectivity index is 1.35. The van der Waals surface area contributed by atoms with Crippen molar-refractivity contribution in [2.24, 2.45) is 5.92 Å². The van der Waals surface area contributed by atoms with Crippen LogP contribution in [0.4, 0.5) is 0 Å². The molecule has 0 unspecified atom stereocenters. The van der Waals surface area contributed by atoms with Crippen LogP contribution >= 0.6 is 0 Å². The number of nitrogens with one attached hydrogen (secondary N) is 1. The monoisotopic (exact) mass is 340 g/mol. The summed E-state index contributed by atoms with van der Waals surface area (Å²) in [6, 6.07) is 9.65. The maximum atomic E-state index is 12.4. The molecule has 0 aliphatic carbocycles. The summed E-state index contributed by atoms with van der Waals surface area (Å²) in [7, 11) is 0. The van der Waals surface area contributed by atoms with E-state index in [1.165, 1.54) is 5.56 Å². The second kappa shape index (κ2) is 7.11. The van der Waals surface area contributed by atoms with Crippen LogP contribution < -0.4 is 14.8 Å². The lowest BCUT2D eigenvalue weighted by Gasteiger charge is -2.19. The smallest absolute Gasteiger partial charge is 0.231 e. The molecule has 4 rings (SSSR count). The molecule has 2 aromatic rings. The van der Waals surface area contributed by atoms with Crippen LogP contribution in [0.15, 0.2) is 42.7 Å². The first kappa shape index (κ1) is 15.9. The van der Waals surface area contributed by atoms with Crippen LogP contribution in [0, 0.1) is 5.92 Å². The van der Waals surface area contributed by atoms with E-state index in [9.17, 15) is 4.79 Å². The largest absolute Gasteiger partial charge is 0.454 e. The van der Waals surface area contributed by atoms with Crippen molar-refractivity contribution in [2.45, 2.75) is 18.9 Å². The quantitative estimate of drug-likeness (QED) is 0.898. The minimum atomic E-state index is -0.00547. The average Bonchev–Trinajstić information content (AvgIpc) is 3.25. The fourth-order valence-corrected chi connectivity index (χ4v) is 3.28. The number of hydrogen-bond donors (Lipinski definition) is 1. The molecule has 0 saturated carbocycles. The van der Waals surface area contributed by atoms with Crippen LogP contribution in [0.1, 0.15) is 11.1 Å². The average molecular weight is 340 g/mol. The first-order valence-corrected chi connectivity index (χ1v) is 8.42. The lowest BCUT2D eigenvalue weighted by atomic mass is 9.95. The molecule has 1 fully saturated rings. The van der Waals surface area contributed by atoms with Crippen molar-refractivity contribution < 1.29 is 19.0 Å². The predicted octanol–water partition coefficient (Wildman–Crippen LogP) is 1.73. The molecule has 6 heteroatoms.